The molecule has 0 saturated carbocycles. The van der Waals surface area contributed by atoms with Crippen LogP contribution in [0.25, 0.3) is 21.7 Å². The van der Waals surface area contributed by atoms with Crippen LogP contribution in [-0.2, 0) is 78.4 Å². The summed E-state index contributed by atoms with van der Waals surface area (Å²) in [5, 5.41) is 47.5. The van der Waals surface area contributed by atoms with Crippen molar-refractivity contribution in [3.63, 3.8) is 0 Å². The van der Waals surface area contributed by atoms with E-state index in [-0.39, 0.29) is 101 Å². The van der Waals surface area contributed by atoms with Crippen molar-refractivity contribution < 1.29 is 63.0 Å². The number of aliphatic hydroxyl groups is 1. The second-order valence-corrected chi connectivity index (χ2v) is 24.3. The smallest absolute Gasteiger partial charge is 0.245 e. The fourth-order valence-corrected chi connectivity index (χ4v) is 11.6. The first-order valence-electron chi connectivity index (χ1n) is 31.7. The van der Waals surface area contributed by atoms with Crippen molar-refractivity contribution in [2.45, 2.75) is 139 Å². The van der Waals surface area contributed by atoms with E-state index in [0.717, 1.165) is 10.8 Å². The third-order valence-corrected chi connectivity index (χ3v) is 16.5. The number of nitrogens with two attached hydrogens (primary N) is 3. The summed E-state index contributed by atoms with van der Waals surface area (Å²) in [5.41, 5.74) is 19.1. The van der Waals surface area contributed by atoms with Crippen molar-refractivity contribution >= 4 is 92.6 Å². The van der Waals surface area contributed by atoms with Crippen LogP contribution >= 0.6 is 0 Å². The Labute approximate surface area is 552 Å². The van der Waals surface area contributed by atoms with Crippen LogP contribution < -0.4 is 65.1 Å². The van der Waals surface area contributed by atoms with E-state index in [1.165, 1.54) is 41.7 Å². The molecule has 0 unspecified atom stereocenters. The van der Waals surface area contributed by atoms with E-state index in [4.69, 9.17) is 17.2 Å². The molecule has 2 aliphatic heterocycles. The highest BCUT2D eigenvalue weighted by atomic mass is 16.3. The highest BCUT2D eigenvalue weighted by Gasteiger charge is 2.40. The first-order chi connectivity index (χ1) is 46.0. The molecule has 2 saturated heterocycles. The monoisotopic (exact) mass is 1320 g/mol. The van der Waals surface area contributed by atoms with Crippen LogP contribution in [0.2, 0.25) is 0 Å². The molecule has 9 atom stereocenters. The summed E-state index contributed by atoms with van der Waals surface area (Å²) in [5.74, 6) is -9.01. The van der Waals surface area contributed by atoms with E-state index in [1.54, 1.807) is 50.4 Å². The van der Waals surface area contributed by atoms with Gasteiger partial charge in [0.2, 0.25) is 65.0 Å². The highest BCUT2D eigenvalue weighted by molar-refractivity contribution is 6.00. The standard InChI is InChI=1S/C66H83N17O13/c1-36(2)25-48(58(89)76-47(13-7-23-71-66(68)69)65(96)83-24-8-14-54(83)64(95)73-33-55(67)86)77-60(91)50(28-38-15-18-39-9-3-4-10-40(39)26-38)78-59(90)49(27-37-16-19-43(85)20-17-37)79-63(94)53(34-84)82-61(92)51(29-41-31-72-45-12-6-5-11-44(41)45)80-62(93)52(30-42-32-70-35-74-42)81-57(88)46-21-22-56(87)75-46/h3-6,9-12,15-20,26,31-32,35-36,46-54,72,84-85H,7-8,13-14,21-25,27-30,33-34H2,1-2H3,(H2,67,86)(H,70,74)(H,73,95)(H,75,87)(H,76,89)(H,77,91)(H,78,90)(H,79,94)(H,80,93)(H,81,88)(H,82,92)(H4,68,69,71)/t46-,47-,48-,49-,50-,51-,52-,53-,54-/m0/s1. The largest absolute Gasteiger partial charge is 0.508 e. The van der Waals surface area contributed by atoms with Crippen LogP contribution in [0.15, 0.2) is 115 Å². The first kappa shape index (κ1) is 70.9. The number of phenols is 1. The maximum Gasteiger partial charge on any atom is 0.245 e. The van der Waals surface area contributed by atoms with Gasteiger partial charge in [-0.3, -0.25) is 57.7 Å². The summed E-state index contributed by atoms with van der Waals surface area (Å²) in [7, 11) is 0. The zero-order valence-electron chi connectivity index (χ0n) is 53.2. The lowest BCUT2D eigenvalue weighted by molar-refractivity contribution is -0.142. The number of phenolic OH excluding ortho intramolecular Hbond substituents is 1. The average Bonchev–Trinajstić information content (AvgIpc) is 1.91. The molecule has 0 spiro atoms. The quantitative estimate of drug-likeness (QED) is 0.0125. The number of primary amides is 1. The Morgan fingerprint density at radius 1 is 0.656 bits per heavy atom. The zero-order valence-corrected chi connectivity index (χ0v) is 53.2. The van der Waals surface area contributed by atoms with Crippen molar-refractivity contribution in [3.8, 4) is 5.75 Å². The number of para-hydroxylation sites is 1. The van der Waals surface area contributed by atoms with Crippen LogP contribution in [0, 0.1) is 5.92 Å². The molecule has 510 valence electrons. The Hall–Kier alpha value is -10.9. The van der Waals surface area contributed by atoms with Gasteiger partial charge >= 0.3 is 0 Å². The van der Waals surface area contributed by atoms with E-state index in [1.807, 2.05) is 36.4 Å². The van der Waals surface area contributed by atoms with Gasteiger partial charge < -0.3 is 90.1 Å². The lowest BCUT2D eigenvalue weighted by atomic mass is 9.98. The van der Waals surface area contributed by atoms with E-state index in [0.29, 0.717) is 39.7 Å². The van der Waals surface area contributed by atoms with Gasteiger partial charge in [0.15, 0.2) is 5.96 Å². The van der Waals surface area contributed by atoms with Crippen molar-refractivity contribution in [2.24, 2.45) is 28.1 Å². The van der Waals surface area contributed by atoms with E-state index in [2.05, 4.69) is 67.8 Å². The maximum atomic E-state index is 15.1. The van der Waals surface area contributed by atoms with Gasteiger partial charge in [-0.2, -0.15) is 0 Å². The van der Waals surface area contributed by atoms with Crippen LogP contribution in [0.4, 0.5) is 0 Å². The molecule has 30 nitrogen and oxygen atoms in total. The summed E-state index contributed by atoms with van der Waals surface area (Å²) in [4.78, 5) is 169. The van der Waals surface area contributed by atoms with Gasteiger partial charge in [0, 0.05) is 74.2 Å². The minimum Gasteiger partial charge on any atom is -0.508 e. The number of carbonyl (C=O) groups is 11. The van der Waals surface area contributed by atoms with Crippen LogP contribution in [0.1, 0.15) is 81.2 Å². The van der Waals surface area contributed by atoms with Crippen molar-refractivity contribution in [1.82, 2.24) is 67.7 Å². The van der Waals surface area contributed by atoms with Gasteiger partial charge in [-0.05, 0) is 90.1 Å². The molecular weight excluding hydrogens is 1240 g/mol. The number of imidazole rings is 1. The number of aromatic nitrogens is 3. The number of aromatic hydroxyl groups is 1. The molecule has 0 radical (unpaired) electrons. The molecule has 96 heavy (non-hydrogen) atoms. The van der Waals surface area contributed by atoms with Crippen molar-refractivity contribution in [1.29, 1.82) is 0 Å². The summed E-state index contributed by atoms with van der Waals surface area (Å²) in [6, 6.07) is 13.5. The molecule has 2 aliphatic rings. The third kappa shape index (κ3) is 20.1. The molecule has 6 aromatic rings. The molecular formula is C66H83N17O13. The van der Waals surface area contributed by atoms with E-state index >= 15 is 9.59 Å². The number of aliphatic hydroxyl groups excluding tert-OH is 1. The molecule has 8 rings (SSSR count). The number of aliphatic imine (C=N–C) groups is 1. The van der Waals surface area contributed by atoms with E-state index in [9.17, 15) is 53.4 Å². The number of nitrogens with zero attached hydrogens (tertiary/aromatic N) is 3. The Morgan fingerprint density at radius 2 is 1.25 bits per heavy atom. The van der Waals surface area contributed by atoms with Gasteiger partial charge in [0.1, 0.15) is 60.1 Å². The maximum absolute atomic E-state index is 15.1. The fraction of sp³-hybridized carbons (Fsp3) is 0.409. The lowest BCUT2D eigenvalue weighted by Crippen LogP contribution is -2.61. The Balaban J connectivity index is 1.06. The third-order valence-electron chi connectivity index (χ3n) is 16.5. The van der Waals surface area contributed by atoms with E-state index < -0.39 is 127 Å². The van der Waals surface area contributed by atoms with Crippen molar-refractivity contribution in [2.75, 3.05) is 26.2 Å². The summed E-state index contributed by atoms with van der Waals surface area (Å²) >= 11 is 0. The molecule has 4 aromatic carbocycles. The number of guanidine groups is 1. The number of carbonyl (C=O) groups excluding carboxylic acids is 11. The molecule has 30 heteroatoms. The Bertz CT molecular complexity index is 3800. The SMILES string of the molecule is CC(C)C[C@H](NC(=O)[C@H](Cc1ccc2ccccc2c1)NC(=O)[C@H](Cc1ccc(O)cc1)NC(=O)[C@H](CO)NC(=O)[C@H](Cc1c[nH]c2ccccc12)NC(=O)[C@H](Cc1cnc[nH]1)NC(=O)[C@@H]1CCC(=O)N1)C(=O)N[C@@H](CCCN=C(N)N)C(=O)N1CCC[C@H]1C(=O)NCC(N)=O. The molecule has 0 bridgehead atoms. The highest BCUT2D eigenvalue weighted by Crippen LogP contribution is 2.23. The van der Waals surface area contributed by atoms with Crippen LogP contribution in [0.3, 0.4) is 0 Å². The summed E-state index contributed by atoms with van der Waals surface area (Å²) in [6.45, 7) is 2.34. The number of hydrogen-bond acceptors (Lipinski definition) is 15. The average molecular weight is 1320 g/mol. The molecule has 19 N–H and O–H groups in total. The number of rotatable bonds is 33. The Morgan fingerprint density at radius 3 is 1.89 bits per heavy atom. The molecule has 2 fully saturated rings. The molecule has 4 heterocycles. The summed E-state index contributed by atoms with van der Waals surface area (Å²) in [6.07, 6.45) is 4.89. The number of fused-ring (bicyclic) bond motifs is 2. The summed E-state index contributed by atoms with van der Waals surface area (Å²) < 4.78 is 0. The van der Waals surface area contributed by atoms with Gasteiger partial charge in [-0.1, -0.05) is 86.6 Å². The topological polar surface area (TPSA) is 475 Å². The van der Waals surface area contributed by atoms with Gasteiger partial charge in [0.05, 0.1) is 19.5 Å². The predicted octanol–water partition coefficient (Wildman–Crippen LogP) is -1.62. The van der Waals surface area contributed by atoms with Crippen LogP contribution in [0.5, 0.6) is 5.75 Å². The van der Waals surface area contributed by atoms with Gasteiger partial charge in [0.25, 0.3) is 0 Å². The minimum absolute atomic E-state index is 0.00766. The predicted molar refractivity (Wildman–Crippen MR) is 352 cm³/mol. The van der Waals surface area contributed by atoms with Gasteiger partial charge in [-0.25, -0.2) is 4.98 Å². The zero-order chi connectivity index (χ0) is 69.0. The molecule has 0 aliphatic carbocycles. The molecule has 11 amide bonds. The fourth-order valence-electron chi connectivity index (χ4n) is 11.6. The number of likely N-dealkylation sites (tertiary alicyclic amines) is 1. The number of hydrogen-bond donors (Lipinski definition) is 16. The Kier molecular flexibility index (Phi) is 25.0. The van der Waals surface area contributed by atoms with Gasteiger partial charge in [-0.15, -0.1) is 0 Å². The normalized spacial score (nSPS) is 16.5. The second kappa shape index (κ2) is 33.8. The minimum atomic E-state index is -1.80. The first-order valence-corrected chi connectivity index (χ1v) is 31.7. The number of nitrogens with one attached hydrogen (secondary N) is 11. The molecule has 2 aromatic heterocycles. The van der Waals surface area contributed by atoms with Crippen LogP contribution in [-0.4, -0.2) is 182 Å². The number of benzene rings is 4. The van der Waals surface area contributed by atoms with Crippen molar-refractivity contribution in [3.05, 3.63) is 132 Å². The number of H-pyrrole nitrogens is 2. The number of amides is 11. The lowest BCUT2D eigenvalue weighted by Gasteiger charge is -2.30. The number of aromatic amines is 2. The second-order valence-electron chi connectivity index (χ2n) is 24.3.